The first-order valence-corrected chi connectivity index (χ1v) is 4.57. The van der Waals surface area contributed by atoms with Gasteiger partial charge < -0.3 is 19.9 Å². The van der Waals surface area contributed by atoms with Crippen molar-refractivity contribution in [2.75, 3.05) is 26.9 Å². The highest BCUT2D eigenvalue weighted by Crippen LogP contribution is 2.04. The van der Waals surface area contributed by atoms with Gasteiger partial charge in [-0.1, -0.05) is 0 Å². The van der Waals surface area contributed by atoms with Gasteiger partial charge in [-0.25, -0.2) is 4.79 Å². The number of methoxy groups -OCH3 is 1. The molecule has 0 aliphatic carbocycles. The minimum absolute atomic E-state index is 0.0970. The van der Waals surface area contributed by atoms with E-state index in [0.717, 1.165) is 0 Å². The fourth-order valence-corrected chi connectivity index (χ4v) is 0.979. The summed E-state index contributed by atoms with van der Waals surface area (Å²) in [4.78, 5) is 22.1. The third-order valence-corrected chi connectivity index (χ3v) is 1.76. The van der Waals surface area contributed by atoms with Crippen molar-refractivity contribution >= 4 is 11.9 Å². The van der Waals surface area contributed by atoms with Gasteiger partial charge in [-0.05, 0) is 13.8 Å². The van der Waals surface area contributed by atoms with Gasteiger partial charge in [0.1, 0.15) is 6.61 Å². The molecule has 2 N–H and O–H groups in total. The molecular weight excluding hydrogens is 202 g/mol. The molecule has 0 aromatic rings. The Balaban J connectivity index is 4.28. The summed E-state index contributed by atoms with van der Waals surface area (Å²) in [5, 5.41) is 11.2. The molecule has 1 atom stereocenters. The number of hydrogen-bond donors (Lipinski definition) is 2. The van der Waals surface area contributed by atoms with Crippen LogP contribution in [0.25, 0.3) is 0 Å². The monoisotopic (exact) mass is 219 g/mol. The van der Waals surface area contributed by atoms with Crippen LogP contribution in [0.2, 0.25) is 0 Å². The topological polar surface area (TPSA) is 84.9 Å². The number of hydrogen-bond acceptors (Lipinski definition) is 4. The number of carboxylic acids is 1. The molecule has 0 heterocycles. The van der Waals surface area contributed by atoms with Gasteiger partial charge in [0, 0.05) is 13.7 Å². The van der Waals surface area contributed by atoms with Crippen LogP contribution in [0.3, 0.4) is 0 Å². The average molecular weight is 219 g/mol. The second-order valence-corrected chi connectivity index (χ2v) is 3.26. The third-order valence-electron chi connectivity index (χ3n) is 1.76. The smallest absolute Gasteiger partial charge is 0.331 e. The summed E-state index contributed by atoms with van der Waals surface area (Å²) >= 11 is 0. The van der Waals surface area contributed by atoms with E-state index < -0.39 is 17.4 Å². The van der Waals surface area contributed by atoms with Crippen LogP contribution in [0.5, 0.6) is 0 Å². The Morgan fingerprint density at radius 2 is 2.07 bits per heavy atom. The van der Waals surface area contributed by atoms with Gasteiger partial charge in [-0.15, -0.1) is 0 Å². The van der Waals surface area contributed by atoms with Crippen LogP contribution in [0.15, 0.2) is 0 Å². The maximum Gasteiger partial charge on any atom is 0.331 e. The molecule has 0 aliphatic rings. The molecule has 1 unspecified atom stereocenters. The summed E-state index contributed by atoms with van der Waals surface area (Å²) in [6.07, 6.45) is 0. The van der Waals surface area contributed by atoms with Crippen molar-refractivity contribution in [2.24, 2.45) is 0 Å². The van der Waals surface area contributed by atoms with Crippen molar-refractivity contribution in [1.29, 1.82) is 0 Å². The van der Waals surface area contributed by atoms with Crippen LogP contribution >= 0.6 is 0 Å². The third kappa shape index (κ3) is 4.75. The molecule has 1 amide bonds. The van der Waals surface area contributed by atoms with Gasteiger partial charge in [0.2, 0.25) is 5.91 Å². The molecule has 0 radical (unpaired) electrons. The van der Waals surface area contributed by atoms with Crippen LogP contribution in [0, 0.1) is 0 Å². The van der Waals surface area contributed by atoms with Crippen LogP contribution in [0.1, 0.15) is 13.8 Å². The Morgan fingerprint density at radius 3 is 2.47 bits per heavy atom. The highest BCUT2D eigenvalue weighted by atomic mass is 16.5. The van der Waals surface area contributed by atoms with E-state index in [2.05, 4.69) is 5.32 Å². The van der Waals surface area contributed by atoms with Gasteiger partial charge in [0.05, 0.1) is 6.61 Å². The number of rotatable bonds is 7. The van der Waals surface area contributed by atoms with Gasteiger partial charge in [0.15, 0.2) is 5.54 Å². The van der Waals surface area contributed by atoms with Crippen LogP contribution < -0.4 is 5.32 Å². The number of ether oxygens (including phenoxy) is 2. The summed E-state index contributed by atoms with van der Waals surface area (Å²) in [5.41, 5.74) is -1.41. The molecule has 0 spiro atoms. The van der Waals surface area contributed by atoms with E-state index in [-0.39, 0.29) is 13.2 Å². The van der Waals surface area contributed by atoms with Gasteiger partial charge in [-0.3, -0.25) is 4.79 Å². The predicted molar refractivity (Wildman–Crippen MR) is 52.6 cm³/mol. The molecule has 6 nitrogen and oxygen atoms in total. The first-order chi connectivity index (χ1) is 6.96. The maximum atomic E-state index is 11.2. The highest BCUT2D eigenvalue weighted by molar-refractivity contribution is 5.87. The summed E-state index contributed by atoms with van der Waals surface area (Å²) in [6.45, 7) is 3.28. The normalized spacial score (nSPS) is 14.3. The molecule has 0 aromatic carbocycles. The number of carboxylic acid groups (broad SMARTS) is 1. The van der Waals surface area contributed by atoms with Crippen molar-refractivity contribution in [2.45, 2.75) is 19.4 Å². The van der Waals surface area contributed by atoms with E-state index in [1.165, 1.54) is 14.0 Å². The zero-order valence-corrected chi connectivity index (χ0v) is 9.20. The largest absolute Gasteiger partial charge is 0.479 e. The lowest BCUT2D eigenvalue weighted by molar-refractivity contribution is -0.150. The molecular formula is C9H17NO5. The van der Waals surface area contributed by atoms with Crippen molar-refractivity contribution in [1.82, 2.24) is 5.32 Å². The van der Waals surface area contributed by atoms with E-state index in [0.29, 0.717) is 6.61 Å². The van der Waals surface area contributed by atoms with Crippen molar-refractivity contribution in [3.8, 4) is 0 Å². The van der Waals surface area contributed by atoms with E-state index in [9.17, 15) is 9.59 Å². The minimum Gasteiger partial charge on any atom is -0.479 e. The van der Waals surface area contributed by atoms with Crippen LogP contribution in [-0.2, 0) is 19.1 Å². The molecule has 0 aromatic heterocycles. The molecule has 0 fully saturated rings. The first-order valence-electron chi connectivity index (χ1n) is 4.57. The predicted octanol–water partition coefficient (Wildman–Crippen LogP) is -0.371. The fourth-order valence-electron chi connectivity index (χ4n) is 0.979. The van der Waals surface area contributed by atoms with Gasteiger partial charge in [0.25, 0.3) is 0 Å². The zero-order valence-electron chi connectivity index (χ0n) is 9.20. The molecule has 15 heavy (non-hydrogen) atoms. The molecule has 0 rings (SSSR count). The van der Waals surface area contributed by atoms with Gasteiger partial charge >= 0.3 is 5.97 Å². The number of carbonyl (C=O) groups excluding carboxylic acids is 1. The maximum absolute atomic E-state index is 11.2. The van der Waals surface area contributed by atoms with Crippen molar-refractivity contribution in [3.05, 3.63) is 0 Å². The van der Waals surface area contributed by atoms with E-state index in [1.54, 1.807) is 6.92 Å². The average Bonchev–Trinajstić information content (AvgIpc) is 2.14. The fraction of sp³-hybridized carbons (Fsp3) is 0.778. The van der Waals surface area contributed by atoms with E-state index in [1.807, 2.05) is 0 Å². The SMILES string of the molecule is CCOCC(=O)NC(C)(COC)C(=O)O. The summed E-state index contributed by atoms with van der Waals surface area (Å²) < 4.78 is 9.59. The lowest BCUT2D eigenvalue weighted by Gasteiger charge is -2.25. The molecule has 0 aliphatic heterocycles. The summed E-state index contributed by atoms with van der Waals surface area (Å²) in [7, 11) is 1.37. The van der Waals surface area contributed by atoms with E-state index in [4.69, 9.17) is 14.6 Å². The Kier molecular flexibility index (Phi) is 5.88. The number of carbonyl (C=O) groups is 2. The van der Waals surface area contributed by atoms with Crippen molar-refractivity contribution in [3.63, 3.8) is 0 Å². The molecule has 0 saturated heterocycles. The molecule has 6 heteroatoms. The summed E-state index contributed by atoms with van der Waals surface area (Å²) in [6, 6.07) is 0. The number of nitrogens with one attached hydrogen (secondary N) is 1. The highest BCUT2D eigenvalue weighted by Gasteiger charge is 2.34. The molecule has 88 valence electrons. The van der Waals surface area contributed by atoms with Crippen LogP contribution in [-0.4, -0.2) is 49.5 Å². The second-order valence-electron chi connectivity index (χ2n) is 3.26. The van der Waals surface area contributed by atoms with Crippen LogP contribution in [0.4, 0.5) is 0 Å². The summed E-state index contributed by atoms with van der Waals surface area (Å²) in [5.74, 6) is -1.62. The molecule has 0 saturated carbocycles. The second kappa shape index (κ2) is 6.36. The quantitative estimate of drug-likeness (QED) is 0.610. The van der Waals surface area contributed by atoms with E-state index >= 15 is 0 Å². The Bertz CT molecular complexity index is 231. The Morgan fingerprint density at radius 1 is 1.47 bits per heavy atom. The van der Waals surface area contributed by atoms with Crippen molar-refractivity contribution < 1.29 is 24.2 Å². The zero-order chi connectivity index (χ0) is 11.9. The number of aliphatic carboxylic acids is 1. The standard InChI is InChI=1S/C9H17NO5/c1-4-15-5-7(11)10-9(2,6-14-3)8(12)13/h4-6H2,1-3H3,(H,10,11)(H,12,13). The van der Waals surface area contributed by atoms with Gasteiger partial charge in [-0.2, -0.15) is 0 Å². The first kappa shape index (κ1) is 13.9. The lowest BCUT2D eigenvalue weighted by Crippen LogP contribution is -2.56. The molecule has 0 bridgehead atoms. The minimum atomic E-state index is -1.41. The lowest BCUT2D eigenvalue weighted by atomic mass is 10.0. The number of amides is 1. The Labute approximate surface area is 88.6 Å². The Hall–Kier alpha value is -1.14.